The van der Waals surface area contributed by atoms with E-state index in [0.717, 1.165) is 25.0 Å². The number of hydrogen-bond acceptors (Lipinski definition) is 3. The highest BCUT2D eigenvalue weighted by molar-refractivity contribution is 8.13. The molecule has 0 fully saturated rings. The number of rotatable bonds is 8. The summed E-state index contributed by atoms with van der Waals surface area (Å²) < 4.78 is 27.4. The molecule has 1 aromatic carbocycles. The third-order valence-electron chi connectivity index (χ3n) is 3.24. The van der Waals surface area contributed by atoms with Crippen LogP contribution in [0, 0.1) is 0 Å². The lowest BCUT2D eigenvalue weighted by Crippen LogP contribution is -2.13. The molecule has 0 saturated heterocycles. The van der Waals surface area contributed by atoms with Crippen LogP contribution in [0.5, 0.6) is 5.75 Å². The fourth-order valence-electron chi connectivity index (χ4n) is 2.12. The van der Waals surface area contributed by atoms with Gasteiger partial charge in [0.25, 0.3) is 0 Å². The molecule has 0 aliphatic rings. The SMILES string of the molecule is CC(C)(C)c1ccccc1OCCCCCCS(=O)(=O)Cl. The topological polar surface area (TPSA) is 43.4 Å². The first-order valence-electron chi connectivity index (χ1n) is 7.35. The Labute approximate surface area is 133 Å². The summed E-state index contributed by atoms with van der Waals surface area (Å²) in [6, 6.07) is 8.11. The van der Waals surface area contributed by atoms with E-state index in [9.17, 15) is 8.42 Å². The van der Waals surface area contributed by atoms with Crippen LogP contribution in [0.3, 0.4) is 0 Å². The van der Waals surface area contributed by atoms with Gasteiger partial charge in [0.05, 0.1) is 12.4 Å². The number of benzene rings is 1. The first-order valence-corrected chi connectivity index (χ1v) is 9.82. The van der Waals surface area contributed by atoms with Gasteiger partial charge in [0.2, 0.25) is 9.05 Å². The van der Waals surface area contributed by atoms with Crippen molar-refractivity contribution in [1.29, 1.82) is 0 Å². The predicted molar refractivity (Wildman–Crippen MR) is 88.7 cm³/mol. The minimum absolute atomic E-state index is 0.0578. The maximum absolute atomic E-state index is 10.8. The average molecular weight is 333 g/mol. The van der Waals surface area contributed by atoms with E-state index in [0.29, 0.717) is 13.0 Å². The summed E-state index contributed by atoms with van der Waals surface area (Å²) in [4.78, 5) is 0. The zero-order valence-corrected chi connectivity index (χ0v) is 14.6. The molecule has 0 bridgehead atoms. The van der Waals surface area contributed by atoms with Crippen molar-refractivity contribution in [3.05, 3.63) is 29.8 Å². The summed E-state index contributed by atoms with van der Waals surface area (Å²) in [6.45, 7) is 7.16. The molecule has 0 unspecified atom stereocenters. The Morgan fingerprint density at radius 2 is 1.67 bits per heavy atom. The standard InChI is InChI=1S/C16H25ClO3S/c1-16(2,3)14-10-6-7-11-15(14)20-12-8-4-5-9-13-21(17,18)19/h6-7,10-11H,4-5,8-9,12-13H2,1-3H3. The smallest absolute Gasteiger partial charge is 0.232 e. The third kappa shape index (κ3) is 7.72. The first kappa shape index (κ1) is 18.3. The van der Waals surface area contributed by atoms with Crippen molar-refractivity contribution in [2.75, 3.05) is 12.4 Å². The highest BCUT2D eigenvalue weighted by Crippen LogP contribution is 2.31. The van der Waals surface area contributed by atoms with E-state index in [4.69, 9.17) is 15.4 Å². The van der Waals surface area contributed by atoms with E-state index >= 15 is 0 Å². The van der Waals surface area contributed by atoms with Crippen LogP contribution in [0.15, 0.2) is 24.3 Å². The fraction of sp³-hybridized carbons (Fsp3) is 0.625. The second-order valence-corrected chi connectivity index (χ2v) is 9.15. The van der Waals surface area contributed by atoms with E-state index < -0.39 is 9.05 Å². The number of halogens is 1. The second kappa shape index (κ2) is 8.04. The minimum atomic E-state index is -3.34. The van der Waals surface area contributed by atoms with Crippen LogP contribution in [0.25, 0.3) is 0 Å². The van der Waals surface area contributed by atoms with Crippen LogP contribution in [-0.2, 0) is 14.5 Å². The summed E-state index contributed by atoms with van der Waals surface area (Å²) in [5.74, 6) is 0.996. The van der Waals surface area contributed by atoms with Gasteiger partial charge in [0.1, 0.15) is 5.75 Å². The maximum Gasteiger partial charge on any atom is 0.232 e. The average Bonchev–Trinajstić information content (AvgIpc) is 2.35. The molecule has 1 aromatic rings. The largest absolute Gasteiger partial charge is 0.493 e. The molecule has 5 heteroatoms. The molecule has 0 spiro atoms. The molecule has 0 N–H and O–H groups in total. The summed E-state index contributed by atoms with van der Waals surface area (Å²) in [6.07, 6.45) is 3.34. The van der Waals surface area contributed by atoms with Crippen molar-refractivity contribution in [1.82, 2.24) is 0 Å². The predicted octanol–water partition coefficient (Wildman–Crippen LogP) is 4.49. The van der Waals surface area contributed by atoms with Crippen LogP contribution in [0.2, 0.25) is 0 Å². The molecule has 0 aromatic heterocycles. The molecular formula is C16H25ClO3S. The van der Waals surface area contributed by atoms with Crippen molar-refractivity contribution in [3.63, 3.8) is 0 Å². The Morgan fingerprint density at radius 3 is 2.29 bits per heavy atom. The van der Waals surface area contributed by atoms with Gasteiger partial charge in [-0.1, -0.05) is 51.8 Å². The van der Waals surface area contributed by atoms with Gasteiger partial charge in [-0.3, -0.25) is 0 Å². The summed E-state index contributed by atoms with van der Waals surface area (Å²) in [5, 5.41) is 0. The van der Waals surface area contributed by atoms with Gasteiger partial charge in [0.15, 0.2) is 0 Å². The van der Waals surface area contributed by atoms with Gasteiger partial charge >= 0.3 is 0 Å². The number of unbranched alkanes of at least 4 members (excludes halogenated alkanes) is 3. The van der Waals surface area contributed by atoms with Crippen LogP contribution in [0.1, 0.15) is 52.0 Å². The number of ether oxygens (including phenoxy) is 1. The maximum atomic E-state index is 10.8. The van der Waals surface area contributed by atoms with Gasteiger partial charge in [-0.25, -0.2) is 8.42 Å². The van der Waals surface area contributed by atoms with Crippen LogP contribution in [-0.4, -0.2) is 20.8 Å². The number of hydrogen-bond donors (Lipinski definition) is 0. The quantitative estimate of drug-likeness (QED) is 0.520. The van der Waals surface area contributed by atoms with Gasteiger partial charge in [-0.05, 0) is 29.9 Å². The normalized spacial score (nSPS) is 12.4. The summed E-state index contributed by atoms with van der Waals surface area (Å²) in [7, 11) is 1.82. The summed E-state index contributed by atoms with van der Waals surface area (Å²) >= 11 is 0. The van der Waals surface area contributed by atoms with E-state index in [1.165, 1.54) is 5.56 Å². The van der Waals surface area contributed by atoms with Gasteiger partial charge in [-0.15, -0.1) is 0 Å². The minimum Gasteiger partial charge on any atom is -0.493 e. The zero-order valence-electron chi connectivity index (χ0n) is 13.1. The molecule has 120 valence electrons. The van der Waals surface area contributed by atoms with Crippen LogP contribution >= 0.6 is 10.7 Å². The van der Waals surface area contributed by atoms with Crippen molar-refractivity contribution < 1.29 is 13.2 Å². The van der Waals surface area contributed by atoms with Crippen LogP contribution < -0.4 is 4.74 Å². The molecule has 0 heterocycles. The monoisotopic (exact) mass is 332 g/mol. The van der Waals surface area contributed by atoms with Gasteiger partial charge in [-0.2, -0.15) is 0 Å². The lowest BCUT2D eigenvalue weighted by molar-refractivity contribution is 0.297. The number of para-hydroxylation sites is 1. The van der Waals surface area contributed by atoms with Crippen molar-refractivity contribution in [2.24, 2.45) is 0 Å². The fourth-order valence-corrected chi connectivity index (χ4v) is 3.00. The Bertz CT molecular complexity index is 533. The second-order valence-electron chi connectivity index (χ2n) is 6.25. The highest BCUT2D eigenvalue weighted by atomic mass is 35.7. The molecule has 0 aliphatic heterocycles. The molecule has 0 aliphatic carbocycles. The van der Waals surface area contributed by atoms with E-state index in [2.05, 4.69) is 26.8 Å². The first-order chi connectivity index (χ1) is 9.70. The molecule has 1 rings (SSSR count). The van der Waals surface area contributed by atoms with Crippen molar-refractivity contribution >= 4 is 19.7 Å². The van der Waals surface area contributed by atoms with E-state index in [-0.39, 0.29) is 11.2 Å². The van der Waals surface area contributed by atoms with Crippen molar-refractivity contribution in [2.45, 2.75) is 51.9 Å². The Hall–Kier alpha value is -0.740. The molecule has 0 radical (unpaired) electrons. The summed E-state index contributed by atoms with van der Waals surface area (Å²) in [5.41, 5.74) is 1.27. The molecule has 0 saturated carbocycles. The van der Waals surface area contributed by atoms with Gasteiger partial charge < -0.3 is 4.74 Å². The lowest BCUT2D eigenvalue weighted by Gasteiger charge is -2.22. The van der Waals surface area contributed by atoms with E-state index in [1.54, 1.807) is 0 Å². The highest BCUT2D eigenvalue weighted by Gasteiger charge is 2.18. The molecule has 0 atom stereocenters. The lowest BCUT2D eigenvalue weighted by atomic mass is 9.86. The third-order valence-corrected chi connectivity index (χ3v) is 4.47. The molecular weight excluding hydrogens is 308 g/mol. The van der Waals surface area contributed by atoms with Crippen molar-refractivity contribution in [3.8, 4) is 5.75 Å². The zero-order chi connectivity index (χ0) is 15.9. The van der Waals surface area contributed by atoms with Crippen LogP contribution in [0.4, 0.5) is 0 Å². The Morgan fingerprint density at radius 1 is 1.05 bits per heavy atom. The molecule has 21 heavy (non-hydrogen) atoms. The Balaban J connectivity index is 2.31. The van der Waals surface area contributed by atoms with Gasteiger partial charge in [0, 0.05) is 10.7 Å². The Kier molecular flexibility index (Phi) is 7.01. The molecule has 3 nitrogen and oxygen atoms in total. The van der Waals surface area contributed by atoms with E-state index in [1.807, 2.05) is 18.2 Å². The molecule has 0 amide bonds.